The molecule has 32 heavy (non-hydrogen) atoms. The molecule has 0 aliphatic rings. The SMILES string of the molecule is CCCCCCCCCCCCCCCCCOC(=O)c1cc([N+](=O)[O-])cc([N+](=O)[O-])c1. The van der Waals surface area contributed by atoms with Gasteiger partial charge in [-0.25, -0.2) is 4.79 Å². The van der Waals surface area contributed by atoms with Gasteiger partial charge in [0, 0.05) is 12.1 Å². The number of nitro groups is 2. The van der Waals surface area contributed by atoms with Crippen LogP contribution < -0.4 is 0 Å². The summed E-state index contributed by atoms with van der Waals surface area (Å²) in [6.45, 7) is 2.45. The molecule has 0 saturated carbocycles. The van der Waals surface area contributed by atoms with Gasteiger partial charge in [0.2, 0.25) is 0 Å². The number of benzene rings is 1. The molecule has 0 saturated heterocycles. The molecule has 0 heterocycles. The highest BCUT2D eigenvalue weighted by molar-refractivity contribution is 5.91. The van der Waals surface area contributed by atoms with Crippen LogP contribution in [0.1, 0.15) is 114 Å². The van der Waals surface area contributed by atoms with E-state index in [1.54, 1.807) is 0 Å². The van der Waals surface area contributed by atoms with E-state index in [0.29, 0.717) is 6.42 Å². The average Bonchev–Trinajstić information content (AvgIpc) is 2.78. The lowest BCUT2D eigenvalue weighted by atomic mass is 10.0. The van der Waals surface area contributed by atoms with Gasteiger partial charge in [-0.3, -0.25) is 20.2 Å². The topological polar surface area (TPSA) is 113 Å². The first-order valence-corrected chi connectivity index (χ1v) is 12.1. The predicted molar refractivity (Wildman–Crippen MR) is 125 cm³/mol. The standard InChI is InChI=1S/C24H38N2O6/c1-2-3-4-5-6-7-8-9-10-11-12-13-14-15-16-17-32-24(27)21-18-22(25(28)29)20-23(19-21)26(30)31/h18-20H,2-17H2,1H3. The second-order valence-electron chi connectivity index (χ2n) is 8.34. The third-order valence-corrected chi connectivity index (χ3v) is 5.54. The predicted octanol–water partition coefficient (Wildman–Crippen LogP) is 7.53. The summed E-state index contributed by atoms with van der Waals surface area (Å²) in [5, 5.41) is 21.8. The van der Waals surface area contributed by atoms with Gasteiger partial charge in [-0.05, 0) is 6.42 Å². The largest absolute Gasteiger partial charge is 0.462 e. The van der Waals surface area contributed by atoms with Crippen molar-refractivity contribution in [3.05, 3.63) is 44.0 Å². The number of esters is 1. The van der Waals surface area contributed by atoms with Gasteiger partial charge in [-0.1, -0.05) is 96.8 Å². The van der Waals surface area contributed by atoms with Crippen LogP contribution in [-0.4, -0.2) is 22.4 Å². The van der Waals surface area contributed by atoms with Crippen molar-refractivity contribution < 1.29 is 19.4 Å². The van der Waals surface area contributed by atoms with Gasteiger partial charge in [-0.15, -0.1) is 0 Å². The molecule has 0 aliphatic heterocycles. The number of hydrogen-bond acceptors (Lipinski definition) is 6. The summed E-state index contributed by atoms with van der Waals surface area (Å²) in [5.41, 5.74) is -1.18. The lowest BCUT2D eigenvalue weighted by Crippen LogP contribution is -2.08. The second-order valence-corrected chi connectivity index (χ2v) is 8.34. The molecule has 0 bridgehead atoms. The van der Waals surface area contributed by atoms with Gasteiger partial charge in [0.05, 0.1) is 28.1 Å². The van der Waals surface area contributed by atoms with Crippen LogP contribution in [0.25, 0.3) is 0 Å². The summed E-state index contributed by atoms with van der Waals surface area (Å²) in [4.78, 5) is 32.3. The highest BCUT2D eigenvalue weighted by Crippen LogP contribution is 2.23. The minimum Gasteiger partial charge on any atom is -0.462 e. The Hall–Kier alpha value is -2.51. The molecule has 180 valence electrons. The van der Waals surface area contributed by atoms with Crippen molar-refractivity contribution in [1.29, 1.82) is 0 Å². The van der Waals surface area contributed by atoms with Crippen LogP contribution in [0.15, 0.2) is 18.2 Å². The molecule has 8 heteroatoms. The molecule has 1 aromatic rings. The monoisotopic (exact) mass is 450 g/mol. The second kappa shape index (κ2) is 17.1. The van der Waals surface area contributed by atoms with Crippen LogP contribution in [0.4, 0.5) is 11.4 Å². The summed E-state index contributed by atoms with van der Waals surface area (Å²) in [5.74, 6) is -0.776. The van der Waals surface area contributed by atoms with Crippen molar-refractivity contribution in [2.75, 3.05) is 6.61 Å². The third-order valence-electron chi connectivity index (χ3n) is 5.54. The van der Waals surface area contributed by atoms with Crippen molar-refractivity contribution in [3.8, 4) is 0 Å². The summed E-state index contributed by atoms with van der Waals surface area (Å²) < 4.78 is 5.13. The molecule has 1 rings (SSSR count). The van der Waals surface area contributed by atoms with E-state index in [-0.39, 0.29) is 12.2 Å². The van der Waals surface area contributed by atoms with Gasteiger partial charge < -0.3 is 4.74 Å². The Labute approximate surface area is 191 Å². The number of ether oxygens (including phenoxy) is 1. The minimum atomic E-state index is -0.776. The number of hydrogen-bond donors (Lipinski definition) is 0. The van der Waals surface area contributed by atoms with Gasteiger partial charge in [-0.2, -0.15) is 0 Å². The Morgan fingerprint density at radius 3 is 1.44 bits per heavy atom. The fourth-order valence-electron chi connectivity index (χ4n) is 3.65. The minimum absolute atomic E-state index is 0.174. The van der Waals surface area contributed by atoms with Gasteiger partial charge >= 0.3 is 5.97 Å². The summed E-state index contributed by atoms with van der Waals surface area (Å²) in [6.07, 6.45) is 18.6. The number of nitrogens with zero attached hydrogens (tertiary/aromatic N) is 2. The van der Waals surface area contributed by atoms with Crippen molar-refractivity contribution in [2.24, 2.45) is 0 Å². The van der Waals surface area contributed by atoms with Crippen molar-refractivity contribution in [1.82, 2.24) is 0 Å². The number of rotatable bonds is 19. The third kappa shape index (κ3) is 12.4. The molecule has 8 nitrogen and oxygen atoms in total. The molecule has 0 amide bonds. The molecule has 0 aromatic heterocycles. The van der Waals surface area contributed by atoms with E-state index in [1.165, 1.54) is 77.0 Å². The van der Waals surface area contributed by atoms with E-state index in [9.17, 15) is 25.0 Å². The van der Waals surface area contributed by atoms with Crippen LogP contribution in [0, 0.1) is 20.2 Å². The highest BCUT2D eigenvalue weighted by atomic mass is 16.6. The Morgan fingerprint density at radius 2 is 1.06 bits per heavy atom. The molecule has 0 spiro atoms. The van der Waals surface area contributed by atoms with Gasteiger partial charge in [0.1, 0.15) is 0 Å². The first-order chi connectivity index (χ1) is 15.5. The normalized spacial score (nSPS) is 10.8. The van der Waals surface area contributed by atoms with Crippen LogP contribution in [0.5, 0.6) is 0 Å². The van der Waals surface area contributed by atoms with Gasteiger partial charge in [0.15, 0.2) is 0 Å². The van der Waals surface area contributed by atoms with E-state index < -0.39 is 27.2 Å². The summed E-state index contributed by atoms with van der Waals surface area (Å²) in [7, 11) is 0. The maximum atomic E-state index is 12.1. The number of carbonyl (C=O) groups excluding carboxylic acids is 1. The van der Waals surface area contributed by atoms with E-state index in [0.717, 1.165) is 31.0 Å². The average molecular weight is 451 g/mol. The van der Waals surface area contributed by atoms with Crippen LogP contribution >= 0.6 is 0 Å². The first kappa shape index (κ1) is 27.5. The maximum Gasteiger partial charge on any atom is 0.338 e. The van der Waals surface area contributed by atoms with E-state index >= 15 is 0 Å². The summed E-state index contributed by atoms with van der Waals surface area (Å²) >= 11 is 0. The molecule has 0 unspecified atom stereocenters. The zero-order chi connectivity index (χ0) is 23.6. The van der Waals surface area contributed by atoms with Crippen LogP contribution in [-0.2, 0) is 4.74 Å². The lowest BCUT2D eigenvalue weighted by Gasteiger charge is -2.06. The number of non-ortho nitro benzene ring substituents is 2. The van der Waals surface area contributed by atoms with Gasteiger partial charge in [0.25, 0.3) is 11.4 Å². The zero-order valence-electron chi connectivity index (χ0n) is 19.4. The Morgan fingerprint density at radius 1 is 0.688 bits per heavy atom. The Kier molecular flexibility index (Phi) is 14.7. The molecule has 0 atom stereocenters. The van der Waals surface area contributed by atoms with Crippen LogP contribution in [0.2, 0.25) is 0 Å². The van der Waals surface area contributed by atoms with Crippen molar-refractivity contribution in [3.63, 3.8) is 0 Å². The number of carbonyl (C=O) groups is 1. The zero-order valence-corrected chi connectivity index (χ0v) is 19.4. The Balaban J connectivity index is 2.06. The fourth-order valence-corrected chi connectivity index (χ4v) is 3.65. The Bertz CT molecular complexity index is 675. The van der Waals surface area contributed by atoms with E-state index in [2.05, 4.69) is 6.92 Å². The van der Waals surface area contributed by atoms with E-state index in [4.69, 9.17) is 4.74 Å². The van der Waals surface area contributed by atoms with Crippen LogP contribution in [0.3, 0.4) is 0 Å². The van der Waals surface area contributed by atoms with Crippen molar-refractivity contribution in [2.45, 2.75) is 103 Å². The van der Waals surface area contributed by atoms with Crippen molar-refractivity contribution >= 4 is 17.3 Å². The quantitative estimate of drug-likeness (QED) is 0.0931. The molecule has 1 aromatic carbocycles. The summed E-state index contributed by atoms with van der Waals surface area (Å²) in [6, 6.07) is 2.83. The molecular formula is C24H38N2O6. The highest BCUT2D eigenvalue weighted by Gasteiger charge is 2.20. The first-order valence-electron chi connectivity index (χ1n) is 12.1. The smallest absolute Gasteiger partial charge is 0.338 e. The molecular weight excluding hydrogens is 412 g/mol. The number of nitro benzene ring substituents is 2. The van der Waals surface area contributed by atoms with E-state index in [1.807, 2.05) is 0 Å². The molecule has 0 radical (unpaired) electrons. The maximum absolute atomic E-state index is 12.1. The molecule has 0 N–H and O–H groups in total. The molecule has 0 fully saturated rings. The fraction of sp³-hybridized carbons (Fsp3) is 0.708. The number of unbranched alkanes of at least 4 members (excludes halogenated alkanes) is 14. The molecule has 0 aliphatic carbocycles. The lowest BCUT2D eigenvalue weighted by molar-refractivity contribution is -0.394.